The van der Waals surface area contributed by atoms with Crippen molar-refractivity contribution in [2.75, 3.05) is 13.1 Å². The van der Waals surface area contributed by atoms with E-state index in [9.17, 15) is 0 Å². The van der Waals surface area contributed by atoms with E-state index in [-0.39, 0.29) is 16.9 Å². The average molecular weight is 397 g/mol. The molecule has 0 unspecified atom stereocenters. The second kappa shape index (κ2) is 6.04. The molecule has 5 fully saturated rings. The first-order chi connectivity index (χ1) is 13.2. The van der Waals surface area contributed by atoms with Crippen molar-refractivity contribution in [3.8, 4) is 0 Å². The highest BCUT2D eigenvalue weighted by molar-refractivity contribution is 7.80. The van der Waals surface area contributed by atoms with Gasteiger partial charge in [-0.25, -0.2) is 0 Å². The van der Waals surface area contributed by atoms with Crippen LogP contribution in [-0.2, 0) is 5.41 Å². The highest BCUT2D eigenvalue weighted by atomic mass is 32.1. The molecule has 0 spiro atoms. The van der Waals surface area contributed by atoms with Crippen molar-refractivity contribution in [1.29, 1.82) is 0 Å². The van der Waals surface area contributed by atoms with Gasteiger partial charge in [0, 0.05) is 24.5 Å². The summed E-state index contributed by atoms with van der Waals surface area (Å²) in [6.07, 6.45) is 9.06. The average Bonchev–Trinajstić information content (AvgIpc) is 2.62. The van der Waals surface area contributed by atoms with E-state index in [0.717, 1.165) is 25.4 Å². The van der Waals surface area contributed by atoms with Gasteiger partial charge in [-0.05, 0) is 72.7 Å². The largest absolute Gasteiger partial charge is 0.365 e. The molecule has 1 heterocycles. The van der Waals surface area contributed by atoms with Gasteiger partial charge < -0.3 is 10.6 Å². The Labute approximate surface area is 176 Å². The van der Waals surface area contributed by atoms with Crippen LogP contribution in [0.4, 0.5) is 0 Å². The Bertz CT molecular complexity index is 789. The van der Waals surface area contributed by atoms with E-state index in [4.69, 9.17) is 18.0 Å². The molecule has 28 heavy (non-hydrogen) atoms. The first-order valence-corrected chi connectivity index (χ1v) is 11.7. The standard InChI is InChI=1S/C25H36N2S/c1-22(2)17-27(10-9-20(22)26)21(28)25-13-18-11-23(3,15-25)14-24(12-18,16-25)19-7-5-4-6-8-19/h4-8,18,20H,9-17,26H2,1-3H3/t18-,20-,23+,24+,25-/m0/s1. The van der Waals surface area contributed by atoms with Crippen LogP contribution in [0.1, 0.15) is 71.3 Å². The van der Waals surface area contributed by atoms with Gasteiger partial charge in [0.05, 0.1) is 4.99 Å². The molecule has 2 nitrogen and oxygen atoms in total. The molecule has 4 aliphatic carbocycles. The Kier molecular flexibility index (Phi) is 4.11. The number of thiocarbonyl (C=S) groups is 1. The monoisotopic (exact) mass is 396 g/mol. The first-order valence-electron chi connectivity index (χ1n) is 11.3. The first kappa shape index (κ1) is 19.1. The fraction of sp³-hybridized carbons (Fsp3) is 0.720. The Hall–Kier alpha value is -0.930. The predicted octanol–water partition coefficient (Wildman–Crippen LogP) is 5.30. The van der Waals surface area contributed by atoms with Crippen LogP contribution in [0.5, 0.6) is 0 Å². The van der Waals surface area contributed by atoms with Crippen LogP contribution in [0.3, 0.4) is 0 Å². The zero-order valence-corrected chi connectivity index (χ0v) is 18.7. The zero-order chi connectivity index (χ0) is 19.8. The summed E-state index contributed by atoms with van der Waals surface area (Å²) in [6.45, 7) is 9.26. The topological polar surface area (TPSA) is 29.3 Å². The summed E-state index contributed by atoms with van der Waals surface area (Å²) in [6, 6.07) is 11.7. The molecular weight excluding hydrogens is 360 g/mol. The van der Waals surface area contributed by atoms with Gasteiger partial charge in [-0.3, -0.25) is 0 Å². The summed E-state index contributed by atoms with van der Waals surface area (Å²) in [5, 5.41) is 0. The van der Waals surface area contributed by atoms with Crippen molar-refractivity contribution < 1.29 is 0 Å². The van der Waals surface area contributed by atoms with E-state index >= 15 is 0 Å². The third kappa shape index (κ3) is 2.80. The van der Waals surface area contributed by atoms with Gasteiger partial charge in [-0.1, -0.05) is 63.3 Å². The molecule has 0 aromatic heterocycles. The third-order valence-electron chi connectivity index (χ3n) is 8.79. The molecule has 1 aromatic carbocycles. The molecule has 0 radical (unpaired) electrons. The van der Waals surface area contributed by atoms with E-state index in [1.807, 2.05) is 0 Å². The zero-order valence-electron chi connectivity index (χ0n) is 17.8. The normalized spacial score (nSPS) is 43.9. The van der Waals surface area contributed by atoms with Crippen molar-refractivity contribution in [2.45, 2.75) is 77.2 Å². The molecule has 5 aliphatic rings. The van der Waals surface area contributed by atoms with Gasteiger partial charge >= 0.3 is 0 Å². The van der Waals surface area contributed by atoms with Crippen molar-refractivity contribution in [3.05, 3.63) is 35.9 Å². The maximum Gasteiger partial charge on any atom is 0.0842 e. The minimum atomic E-state index is 0.144. The van der Waals surface area contributed by atoms with Crippen molar-refractivity contribution >= 4 is 17.2 Å². The van der Waals surface area contributed by atoms with Crippen LogP contribution in [0.25, 0.3) is 0 Å². The van der Waals surface area contributed by atoms with Crippen molar-refractivity contribution in [3.63, 3.8) is 0 Å². The lowest BCUT2D eigenvalue weighted by molar-refractivity contribution is -0.0908. The summed E-state index contributed by atoms with van der Waals surface area (Å²) in [5.74, 6) is 0.833. The number of benzene rings is 1. The Balaban J connectivity index is 1.50. The number of piperidine rings is 1. The molecule has 1 aliphatic heterocycles. The van der Waals surface area contributed by atoms with Crippen LogP contribution in [0, 0.1) is 22.2 Å². The van der Waals surface area contributed by atoms with E-state index in [1.165, 1.54) is 43.5 Å². The fourth-order valence-corrected chi connectivity index (χ4v) is 8.54. The summed E-state index contributed by atoms with van der Waals surface area (Å²) < 4.78 is 0. The molecule has 5 atom stereocenters. The molecular formula is C25H36N2S. The molecule has 152 valence electrons. The molecule has 1 saturated heterocycles. The minimum Gasteiger partial charge on any atom is -0.365 e. The van der Waals surface area contributed by atoms with Crippen molar-refractivity contribution in [1.82, 2.24) is 4.90 Å². The van der Waals surface area contributed by atoms with Gasteiger partial charge in [-0.2, -0.15) is 0 Å². The van der Waals surface area contributed by atoms with Gasteiger partial charge in [0.1, 0.15) is 0 Å². The second-order valence-corrected chi connectivity index (χ2v) is 12.2. The lowest BCUT2D eigenvalue weighted by atomic mass is 9.38. The Morgan fingerprint density at radius 3 is 2.46 bits per heavy atom. The molecule has 0 amide bonds. The van der Waals surface area contributed by atoms with Crippen LogP contribution >= 0.6 is 12.2 Å². The number of hydrogen-bond acceptors (Lipinski definition) is 2. The smallest absolute Gasteiger partial charge is 0.0842 e. The number of nitrogens with zero attached hydrogens (tertiary/aromatic N) is 1. The highest BCUT2D eigenvalue weighted by Crippen LogP contribution is 2.70. The number of likely N-dealkylation sites (tertiary alicyclic amines) is 1. The van der Waals surface area contributed by atoms with Crippen LogP contribution in [-0.4, -0.2) is 29.0 Å². The summed E-state index contributed by atoms with van der Waals surface area (Å²) in [4.78, 5) is 3.84. The molecule has 2 N–H and O–H groups in total. The fourth-order valence-electron chi connectivity index (χ4n) is 8.16. The van der Waals surface area contributed by atoms with Gasteiger partial charge in [0.25, 0.3) is 0 Å². The minimum absolute atomic E-state index is 0.144. The van der Waals surface area contributed by atoms with E-state index in [1.54, 1.807) is 5.56 Å². The summed E-state index contributed by atoms with van der Waals surface area (Å²) in [5.41, 5.74) is 9.14. The molecule has 6 rings (SSSR count). The summed E-state index contributed by atoms with van der Waals surface area (Å²) >= 11 is 6.34. The van der Waals surface area contributed by atoms with Gasteiger partial charge in [0.15, 0.2) is 0 Å². The Morgan fingerprint density at radius 1 is 1.04 bits per heavy atom. The molecule has 4 bridgehead atoms. The third-order valence-corrected chi connectivity index (χ3v) is 9.48. The maximum atomic E-state index is 6.43. The summed E-state index contributed by atoms with van der Waals surface area (Å²) in [7, 11) is 0. The van der Waals surface area contributed by atoms with Crippen LogP contribution < -0.4 is 5.73 Å². The predicted molar refractivity (Wildman–Crippen MR) is 120 cm³/mol. The number of hydrogen-bond donors (Lipinski definition) is 1. The maximum absolute atomic E-state index is 6.43. The van der Waals surface area contributed by atoms with E-state index < -0.39 is 0 Å². The van der Waals surface area contributed by atoms with Gasteiger partial charge in [0.2, 0.25) is 0 Å². The quantitative estimate of drug-likeness (QED) is 0.688. The number of nitrogens with two attached hydrogens (primary N) is 1. The lowest BCUT2D eigenvalue weighted by Gasteiger charge is -2.67. The SMILES string of the molecule is CC1(C)CN(C(=S)[C@@]23C[C@H]4C[C@@](C)(C2)C[C@](c2ccccc2)(C4)C3)CC[C@@H]1N. The van der Waals surface area contributed by atoms with E-state index in [2.05, 4.69) is 56.0 Å². The molecule has 1 aromatic rings. The van der Waals surface area contributed by atoms with E-state index in [0.29, 0.717) is 10.8 Å². The second-order valence-electron chi connectivity index (χ2n) is 11.9. The number of rotatable bonds is 2. The lowest BCUT2D eigenvalue weighted by Crippen LogP contribution is -2.64. The van der Waals surface area contributed by atoms with Crippen molar-refractivity contribution in [2.24, 2.45) is 27.9 Å². The van der Waals surface area contributed by atoms with Crippen LogP contribution in [0.15, 0.2) is 30.3 Å². The van der Waals surface area contributed by atoms with Gasteiger partial charge in [-0.15, -0.1) is 0 Å². The molecule has 3 heteroatoms. The Morgan fingerprint density at radius 2 is 1.79 bits per heavy atom. The molecule has 4 saturated carbocycles. The van der Waals surface area contributed by atoms with Crippen LogP contribution in [0.2, 0.25) is 0 Å². The highest BCUT2D eigenvalue weighted by Gasteiger charge is 2.64.